The van der Waals surface area contributed by atoms with Crippen LogP contribution in [-0.4, -0.2) is 29.0 Å². The van der Waals surface area contributed by atoms with Crippen molar-refractivity contribution in [3.63, 3.8) is 0 Å². The predicted octanol–water partition coefficient (Wildman–Crippen LogP) is 1.68. The minimum Gasteiger partial charge on any atom is -0.357 e. The molecule has 0 amide bonds. The molecule has 2 aromatic rings. The molecule has 1 fully saturated rings. The Hall–Kier alpha value is -1.65. The molecule has 1 aliphatic heterocycles. The number of aromatic nitrogens is 1. The van der Waals surface area contributed by atoms with Gasteiger partial charge in [-0.15, -0.1) is 0 Å². The first-order chi connectivity index (χ1) is 9.54. The van der Waals surface area contributed by atoms with Gasteiger partial charge in [0.1, 0.15) is 0 Å². The molecular weight excluding hydrogens is 250 g/mol. The van der Waals surface area contributed by atoms with E-state index in [2.05, 4.69) is 16.0 Å². The van der Waals surface area contributed by atoms with Crippen LogP contribution >= 0.6 is 0 Å². The van der Waals surface area contributed by atoms with Gasteiger partial charge in [-0.2, -0.15) is 0 Å². The van der Waals surface area contributed by atoms with Crippen LogP contribution in [0.25, 0.3) is 10.9 Å². The normalized spacial score (nSPS) is 19.9. The van der Waals surface area contributed by atoms with Gasteiger partial charge in [-0.05, 0) is 31.4 Å². The lowest BCUT2D eigenvalue weighted by Gasteiger charge is -2.16. The number of nitrogens with two attached hydrogens (primary N) is 1. The molecule has 106 valence electrons. The number of hydrogen-bond donors (Lipinski definition) is 2. The van der Waals surface area contributed by atoms with Gasteiger partial charge < -0.3 is 10.7 Å². The van der Waals surface area contributed by atoms with Crippen molar-refractivity contribution in [2.24, 2.45) is 5.73 Å². The third-order valence-electron chi connectivity index (χ3n) is 4.16. The number of aromatic amines is 1. The van der Waals surface area contributed by atoms with E-state index in [9.17, 15) is 4.79 Å². The van der Waals surface area contributed by atoms with Crippen molar-refractivity contribution < 1.29 is 0 Å². The average Bonchev–Trinajstić information content (AvgIpc) is 2.79. The molecule has 20 heavy (non-hydrogen) atoms. The molecule has 1 atom stereocenters. The van der Waals surface area contributed by atoms with Gasteiger partial charge in [-0.3, -0.25) is 9.69 Å². The molecule has 2 heterocycles. The fourth-order valence-electron chi connectivity index (χ4n) is 3.05. The Balaban J connectivity index is 2.01. The molecule has 0 aliphatic carbocycles. The van der Waals surface area contributed by atoms with E-state index in [1.807, 2.05) is 19.9 Å². The predicted molar refractivity (Wildman–Crippen MR) is 81.9 cm³/mol. The summed E-state index contributed by atoms with van der Waals surface area (Å²) in [4.78, 5) is 18.1. The molecule has 1 aromatic heterocycles. The van der Waals surface area contributed by atoms with E-state index < -0.39 is 0 Å². The lowest BCUT2D eigenvalue weighted by atomic mass is 10.0. The van der Waals surface area contributed by atoms with Gasteiger partial charge >= 0.3 is 0 Å². The summed E-state index contributed by atoms with van der Waals surface area (Å²) in [5.41, 5.74) is 10.1. The van der Waals surface area contributed by atoms with Crippen LogP contribution in [0.1, 0.15) is 23.2 Å². The van der Waals surface area contributed by atoms with E-state index in [0.29, 0.717) is 0 Å². The SMILES string of the molecule is Cc1ccc(C)c2c(=O)cc(CN3CC[C@H](N)C3)[nH]c12. The molecule has 0 saturated carbocycles. The van der Waals surface area contributed by atoms with E-state index in [4.69, 9.17) is 5.73 Å². The van der Waals surface area contributed by atoms with E-state index >= 15 is 0 Å². The first-order valence-electron chi connectivity index (χ1n) is 7.14. The monoisotopic (exact) mass is 271 g/mol. The summed E-state index contributed by atoms with van der Waals surface area (Å²) in [5.74, 6) is 0. The Morgan fingerprint density at radius 1 is 1.35 bits per heavy atom. The molecule has 3 rings (SSSR count). The fourth-order valence-corrected chi connectivity index (χ4v) is 3.05. The molecule has 4 heteroatoms. The van der Waals surface area contributed by atoms with Crippen molar-refractivity contribution >= 4 is 10.9 Å². The minimum atomic E-state index is 0.110. The molecule has 4 nitrogen and oxygen atoms in total. The first-order valence-corrected chi connectivity index (χ1v) is 7.14. The average molecular weight is 271 g/mol. The molecule has 0 unspecified atom stereocenters. The highest BCUT2D eigenvalue weighted by Crippen LogP contribution is 2.18. The third-order valence-corrected chi connectivity index (χ3v) is 4.16. The number of rotatable bonds is 2. The largest absolute Gasteiger partial charge is 0.357 e. The van der Waals surface area contributed by atoms with Crippen LogP contribution in [-0.2, 0) is 6.54 Å². The van der Waals surface area contributed by atoms with Crippen molar-refractivity contribution in [1.29, 1.82) is 0 Å². The Bertz CT molecular complexity index is 705. The summed E-state index contributed by atoms with van der Waals surface area (Å²) in [7, 11) is 0. The number of nitrogens with zero attached hydrogens (tertiary/aromatic N) is 1. The Morgan fingerprint density at radius 2 is 2.10 bits per heavy atom. The maximum atomic E-state index is 12.3. The second-order valence-corrected chi connectivity index (χ2v) is 5.89. The third kappa shape index (κ3) is 2.37. The summed E-state index contributed by atoms with van der Waals surface area (Å²) in [6, 6.07) is 6.07. The van der Waals surface area contributed by atoms with Gasteiger partial charge in [0.2, 0.25) is 0 Å². The maximum Gasteiger partial charge on any atom is 0.189 e. The second kappa shape index (κ2) is 5.04. The number of H-pyrrole nitrogens is 1. The molecule has 0 bridgehead atoms. The van der Waals surface area contributed by atoms with Gasteiger partial charge in [0.05, 0.1) is 5.52 Å². The molecular formula is C16H21N3O. The van der Waals surface area contributed by atoms with Crippen molar-refractivity contribution in [3.05, 3.63) is 45.2 Å². The summed E-state index contributed by atoms with van der Waals surface area (Å²) >= 11 is 0. The number of hydrogen-bond acceptors (Lipinski definition) is 3. The van der Waals surface area contributed by atoms with Crippen LogP contribution in [0.3, 0.4) is 0 Å². The summed E-state index contributed by atoms with van der Waals surface area (Å²) in [6.45, 7) is 6.70. The summed E-state index contributed by atoms with van der Waals surface area (Å²) < 4.78 is 0. The minimum absolute atomic E-state index is 0.110. The van der Waals surface area contributed by atoms with Crippen molar-refractivity contribution in [3.8, 4) is 0 Å². The Kier molecular flexibility index (Phi) is 3.36. The zero-order valence-corrected chi connectivity index (χ0v) is 12.1. The highest BCUT2D eigenvalue weighted by Gasteiger charge is 2.19. The van der Waals surface area contributed by atoms with Crippen LogP contribution in [0.5, 0.6) is 0 Å². The summed E-state index contributed by atoms with van der Waals surface area (Å²) in [5, 5.41) is 0.812. The molecule has 0 radical (unpaired) electrons. The van der Waals surface area contributed by atoms with Gasteiger partial charge in [0.15, 0.2) is 5.43 Å². The van der Waals surface area contributed by atoms with E-state index in [1.54, 1.807) is 6.07 Å². The van der Waals surface area contributed by atoms with Crippen LogP contribution < -0.4 is 11.2 Å². The number of benzene rings is 1. The molecule has 1 saturated heterocycles. The number of likely N-dealkylation sites (tertiary alicyclic amines) is 1. The Labute approximate surface area is 118 Å². The number of aryl methyl sites for hydroxylation is 2. The number of pyridine rings is 1. The maximum absolute atomic E-state index is 12.3. The zero-order valence-electron chi connectivity index (χ0n) is 12.1. The highest BCUT2D eigenvalue weighted by atomic mass is 16.1. The first kappa shape index (κ1) is 13.3. The van der Waals surface area contributed by atoms with Crippen LogP contribution in [0.2, 0.25) is 0 Å². The topological polar surface area (TPSA) is 62.1 Å². The lowest BCUT2D eigenvalue weighted by molar-refractivity contribution is 0.323. The van der Waals surface area contributed by atoms with Crippen molar-refractivity contribution in [2.75, 3.05) is 13.1 Å². The van der Waals surface area contributed by atoms with E-state index in [-0.39, 0.29) is 11.5 Å². The van der Waals surface area contributed by atoms with Gasteiger partial charge in [0.25, 0.3) is 0 Å². The van der Waals surface area contributed by atoms with Crippen molar-refractivity contribution in [2.45, 2.75) is 32.9 Å². The van der Waals surface area contributed by atoms with Crippen LogP contribution in [0, 0.1) is 13.8 Å². The van der Waals surface area contributed by atoms with E-state index in [1.165, 1.54) is 0 Å². The van der Waals surface area contributed by atoms with E-state index in [0.717, 1.165) is 53.8 Å². The van der Waals surface area contributed by atoms with Gasteiger partial charge in [0, 0.05) is 42.8 Å². The summed E-state index contributed by atoms with van der Waals surface area (Å²) in [6.07, 6.45) is 1.04. The van der Waals surface area contributed by atoms with Gasteiger partial charge in [-0.25, -0.2) is 0 Å². The molecule has 0 spiro atoms. The number of nitrogens with one attached hydrogen (secondary N) is 1. The zero-order chi connectivity index (χ0) is 14.3. The smallest absolute Gasteiger partial charge is 0.189 e. The molecule has 1 aliphatic rings. The standard InChI is InChI=1S/C16H21N3O/c1-10-3-4-11(2)16-15(10)14(20)7-13(18-16)9-19-6-5-12(17)8-19/h3-4,7,12H,5-6,8-9,17H2,1-2H3,(H,18,20)/t12-/m0/s1. The Morgan fingerprint density at radius 3 is 2.80 bits per heavy atom. The quantitative estimate of drug-likeness (QED) is 0.873. The van der Waals surface area contributed by atoms with Crippen LogP contribution in [0.15, 0.2) is 23.0 Å². The lowest BCUT2D eigenvalue weighted by Crippen LogP contribution is -2.27. The molecule has 3 N–H and O–H groups in total. The second-order valence-electron chi connectivity index (χ2n) is 5.89. The van der Waals surface area contributed by atoms with Gasteiger partial charge in [-0.1, -0.05) is 12.1 Å². The fraction of sp³-hybridized carbons (Fsp3) is 0.438. The van der Waals surface area contributed by atoms with Crippen molar-refractivity contribution in [1.82, 2.24) is 9.88 Å². The number of fused-ring (bicyclic) bond motifs is 1. The van der Waals surface area contributed by atoms with Crippen LogP contribution in [0.4, 0.5) is 0 Å². The molecule has 1 aromatic carbocycles. The highest BCUT2D eigenvalue weighted by molar-refractivity contribution is 5.84.